The van der Waals surface area contributed by atoms with Crippen LogP contribution in [0.5, 0.6) is 0 Å². The molecular formula is C22H29NO3. The van der Waals surface area contributed by atoms with E-state index in [2.05, 4.69) is 31.0 Å². The number of hydrogen-bond acceptors (Lipinski definition) is 3. The zero-order valence-corrected chi connectivity index (χ0v) is 16.3. The molecule has 0 bridgehead atoms. The maximum absolute atomic E-state index is 12.6. The quantitative estimate of drug-likeness (QED) is 0.777. The number of H-pyrrole nitrogens is 1. The van der Waals surface area contributed by atoms with E-state index in [1.54, 1.807) is 0 Å². The molecule has 2 aromatic rings. The van der Waals surface area contributed by atoms with Crippen LogP contribution in [0, 0.1) is 11.3 Å². The van der Waals surface area contributed by atoms with Gasteiger partial charge in [-0.05, 0) is 44.4 Å². The largest absolute Gasteiger partial charge is 0.459 e. The van der Waals surface area contributed by atoms with E-state index in [0.717, 1.165) is 17.7 Å². The lowest BCUT2D eigenvalue weighted by Crippen LogP contribution is -2.23. The van der Waals surface area contributed by atoms with E-state index in [1.807, 2.05) is 51.2 Å². The number of benzene rings is 1. The molecule has 0 aliphatic heterocycles. The van der Waals surface area contributed by atoms with Crippen molar-refractivity contribution >= 4 is 5.97 Å². The van der Waals surface area contributed by atoms with Gasteiger partial charge in [-0.25, -0.2) is 0 Å². The molecule has 1 heterocycles. The van der Waals surface area contributed by atoms with Crippen LogP contribution in [0.25, 0.3) is 0 Å². The minimum Gasteiger partial charge on any atom is -0.459 e. The third kappa shape index (κ3) is 4.18. The number of ether oxygens (including phenoxy) is 2. The van der Waals surface area contributed by atoms with Gasteiger partial charge in [-0.15, -0.1) is 0 Å². The molecular weight excluding hydrogens is 326 g/mol. The predicted octanol–water partition coefficient (Wildman–Crippen LogP) is 4.49. The molecule has 1 aromatic carbocycles. The number of esters is 1. The molecule has 0 spiro atoms. The monoisotopic (exact) mass is 355 g/mol. The van der Waals surface area contributed by atoms with E-state index in [0.29, 0.717) is 0 Å². The molecule has 26 heavy (non-hydrogen) atoms. The lowest BCUT2D eigenvalue weighted by Gasteiger charge is -2.20. The summed E-state index contributed by atoms with van der Waals surface area (Å²) in [5, 5.41) is 0. The van der Waals surface area contributed by atoms with Gasteiger partial charge in [0.25, 0.3) is 0 Å². The third-order valence-electron chi connectivity index (χ3n) is 4.99. The van der Waals surface area contributed by atoms with Crippen molar-refractivity contribution in [3.8, 4) is 0 Å². The topological polar surface area (TPSA) is 51.3 Å². The summed E-state index contributed by atoms with van der Waals surface area (Å²) in [4.78, 5) is 15.8. The Hall–Kier alpha value is -2.07. The molecule has 0 saturated heterocycles. The van der Waals surface area contributed by atoms with Gasteiger partial charge in [0.15, 0.2) is 0 Å². The highest BCUT2D eigenvalue weighted by molar-refractivity contribution is 5.78. The summed E-state index contributed by atoms with van der Waals surface area (Å²) < 4.78 is 11.6. The van der Waals surface area contributed by atoms with Crippen molar-refractivity contribution < 1.29 is 14.3 Å². The molecule has 0 radical (unpaired) electrons. The van der Waals surface area contributed by atoms with Crippen molar-refractivity contribution in [1.29, 1.82) is 0 Å². The summed E-state index contributed by atoms with van der Waals surface area (Å²) in [6.45, 7) is 10.4. The minimum atomic E-state index is -0.265. The van der Waals surface area contributed by atoms with E-state index in [4.69, 9.17) is 9.47 Å². The molecule has 1 aliphatic rings. The summed E-state index contributed by atoms with van der Waals surface area (Å²) in [5.74, 6) is -0.376. The summed E-state index contributed by atoms with van der Waals surface area (Å²) in [6, 6.07) is 12.3. The van der Waals surface area contributed by atoms with E-state index >= 15 is 0 Å². The third-order valence-corrected chi connectivity index (χ3v) is 4.99. The molecule has 0 amide bonds. The molecule has 1 N–H and O–H groups in total. The number of hydrogen-bond donors (Lipinski definition) is 1. The molecule has 3 rings (SSSR count). The first-order valence-corrected chi connectivity index (χ1v) is 9.22. The fraction of sp³-hybridized carbons (Fsp3) is 0.500. The van der Waals surface area contributed by atoms with E-state index < -0.39 is 0 Å². The van der Waals surface area contributed by atoms with Crippen molar-refractivity contribution in [2.75, 3.05) is 0 Å². The van der Waals surface area contributed by atoms with E-state index in [1.165, 1.54) is 5.56 Å². The number of aromatic amines is 1. The highest BCUT2D eigenvalue weighted by atomic mass is 16.5. The summed E-state index contributed by atoms with van der Waals surface area (Å²) >= 11 is 0. The number of nitrogens with one attached hydrogen (secondary N) is 1. The van der Waals surface area contributed by atoms with Crippen LogP contribution in [-0.2, 0) is 27.3 Å². The fourth-order valence-corrected chi connectivity index (χ4v) is 3.40. The molecule has 140 valence electrons. The predicted molar refractivity (Wildman–Crippen MR) is 102 cm³/mol. The van der Waals surface area contributed by atoms with Gasteiger partial charge in [0.2, 0.25) is 0 Å². The molecule has 1 saturated carbocycles. The molecule has 4 nitrogen and oxygen atoms in total. The standard InChI is InChI=1S/C22H29NO3/c1-21(2,3)26-19-18(22(19,4)5)20(24)25-14-17-16(11-12-23-17)13-15-9-7-6-8-10-15/h6-12,18-19,23H,13-14H2,1-5H3. The van der Waals surface area contributed by atoms with Gasteiger partial charge in [0.1, 0.15) is 6.61 Å². The van der Waals surface area contributed by atoms with Crippen LogP contribution in [0.2, 0.25) is 0 Å². The summed E-state index contributed by atoms with van der Waals surface area (Å²) in [6.07, 6.45) is 2.64. The maximum atomic E-state index is 12.6. The zero-order valence-electron chi connectivity index (χ0n) is 16.3. The van der Waals surface area contributed by atoms with Crippen LogP contribution in [0.4, 0.5) is 0 Å². The van der Waals surface area contributed by atoms with Crippen LogP contribution in [0.1, 0.15) is 51.4 Å². The SMILES string of the molecule is CC(C)(C)OC1C(C(=O)OCc2[nH]ccc2Cc2ccccc2)C1(C)C. The number of carbonyl (C=O) groups excluding carboxylic acids is 1. The Morgan fingerprint density at radius 1 is 1.15 bits per heavy atom. The highest BCUT2D eigenvalue weighted by Crippen LogP contribution is 2.56. The van der Waals surface area contributed by atoms with E-state index in [-0.39, 0.29) is 35.6 Å². The Bertz CT molecular complexity index is 755. The Morgan fingerprint density at radius 3 is 2.50 bits per heavy atom. The van der Waals surface area contributed by atoms with Gasteiger partial charge in [0.05, 0.1) is 23.3 Å². The summed E-state index contributed by atoms with van der Waals surface area (Å²) in [7, 11) is 0. The Balaban J connectivity index is 1.58. The lowest BCUT2D eigenvalue weighted by atomic mass is 10.1. The Kier molecular flexibility index (Phi) is 4.98. The molecule has 1 aromatic heterocycles. The van der Waals surface area contributed by atoms with Crippen LogP contribution in [0.3, 0.4) is 0 Å². The molecule has 1 aliphatic carbocycles. The molecule has 1 fully saturated rings. The second-order valence-electron chi connectivity index (χ2n) is 8.70. The first-order chi connectivity index (χ1) is 12.2. The molecule has 2 unspecified atom stereocenters. The van der Waals surface area contributed by atoms with Crippen LogP contribution in [0.15, 0.2) is 42.6 Å². The van der Waals surface area contributed by atoms with Crippen LogP contribution >= 0.6 is 0 Å². The van der Waals surface area contributed by atoms with Crippen LogP contribution < -0.4 is 0 Å². The smallest absolute Gasteiger partial charge is 0.312 e. The lowest BCUT2D eigenvalue weighted by molar-refractivity contribution is -0.149. The molecule has 4 heteroatoms. The highest BCUT2D eigenvalue weighted by Gasteiger charge is 2.65. The van der Waals surface area contributed by atoms with Gasteiger partial charge in [-0.2, -0.15) is 0 Å². The Labute approximate surface area is 155 Å². The zero-order chi connectivity index (χ0) is 18.9. The number of aromatic nitrogens is 1. The first kappa shape index (κ1) is 18.7. The van der Waals surface area contributed by atoms with Gasteiger partial charge in [0, 0.05) is 11.6 Å². The molecule has 2 atom stereocenters. The first-order valence-electron chi connectivity index (χ1n) is 9.22. The van der Waals surface area contributed by atoms with Crippen molar-refractivity contribution in [3.05, 3.63) is 59.4 Å². The van der Waals surface area contributed by atoms with Crippen molar-refractivity contribution in [2.24, 2.45) is 11.3 Å². The fourth-order valence-electron chi connectivity index (χ4n) is 3.40. The summed E-state index contributed by atoms with van der Waals surface area (Å²) in [5.41, 5.74) is 2.91. The van der Waals surface area contributed by atoms with Crippen molar-refractivity contribution in [2.45, 2.75) is 59.4 Å². The van der Waals surface area contributed by atoms with Crippen LogP contribution in [-0.4, -0.2) is 22.7 Å². The van der Waals surface area contributed by atoms with Crippen molar-refractivity contribution in [3.63, 3.8) is 0 Å². The van der Waals surface area contributed by atoms with Gasteiger partial charge >= 0.3 is 5.97 Å². The van der Waals surface area contributed by atoms with Crippen molar-refractivity contribution in [1.82, 2.24) is 4.98 Å². The average molecular weight is 355 g/mol. The average Bonchev–Trinajstić information content (AvgIpc) is 2.89. The van der Waals surface area contributed by atoms with Gasteiger partial charge in [-0.3, -0.25) is 4.79 Å². The number of rotatable bonds is 6. The van der Waals surface area contributed by atoms with Gasteiger partial charge < -0.3 is 14.5 Å². The number of carbonyl (C=O) groups is 1. The van der Waals surface area contributed by atoms with E-state index in [9.17, 15) is 4.79 Å². The maximum Gasteiger partial charge on any atom is 0.312 e. The Morgan fingerprint density at radius 2 is 1.85 bits per heavy atom. The second kappa shape index (κ2) is 6.92. The minimum absolute atomic E-state index is 0.0811. The second-order valence-corrected chi connectivity index (χ2v) is 8.70. The normalized spacial score (nSPS) is 21.4. The van der Waals surface area contributed by atoms with Gasteiger partial charge in [-0.1, -0.05) is 44.2 Å².